The number of nitrogens with one attached hydrogen (secondary N) is 1. The average molecular weight is 396 g/mol. The molecule has 1 aliphatic heterocycles. The second-order valence-electron chi connectivity index (χ2n) is 7.35. The fourth-order valence-corrected chi connectivity index (χ4v) is 4.32. The van der Waals surface area contributed by atoms with E-state index in [0.717, 1.165) is 28.9 Å². The van der Waals surface area contributed by atoms with Crippen LogP contribution >= 0.6 is 0 Å². The first-order chi connectivity index (χ1) is 14.0. The number of benzene rings is 2. The lowest BCUT2D eigenvalue weighted by Gasteiger charge is -2.39. The van der Waals surface area contributed by atoms with Crippen LogP contribution in [-0.4, -0.2) is 30.1 Å². The van der Waals surface area contributed by atoms with Gasteiger partial charge in [-0.2, -0.15) is 0 Å². The van der Waals surface area contributed by atoms with Crippen molar-refractivity contribution in [2.75, 3.05) is 20.3 Å². The van der Waals surface area contributed by atoms with Gasteiger partial charge < -0.3 is 14.5 Å². The molecule has 1 aromatic heterocycles. The molecule has 6 heteroatoms. The van der Waals surface area contributed by atoms with Crippen LogP contribution in [-0.2, 0) is 11.3 Å². The molecule has 5 nitrogen and oxygen atoms in total. The SMILES string of the molecule is CCN([C@H](C)c1ccc(OC)cc1)[C@@H]1COCc2[nH]c(=O)c3cc(F)ccc3c21. The van der Waals surface area contributed by atoms with Gasteiger partial charge in [-0.3, -0.25) is 9.69 Å². The molecule has 1 aliphatic rings. The van der Waals surface area contributed by atoms with Crippen molar-refractivity contribution in [1.82, 2.24) is 9.88 Å². The van der Waals surface area contributed by atoms with E-state index in [1.807, 2.05) is 12.1 Å². The van der Waals surface area contributed by atoms with Gasteiger partial charge in [-0.25, -0.2) is 4.39 Å². The Hall–Kier alpha value is -2.70. The van der Waals surface area contributed by atoms with E-state index in [-0.39, 0.29) is 17.6 Å². The van der Waals surface area contributed by atoms with Crippen LogP contribution in [0.3, 0.4) is 0 Å². The lowest BCUT2D eigenvalue weighted by atomic mass is 9.93. The summed E-state index contributed by atoms with van der Waals surface area (Å²) in [6.07, 6.45) is 0. The van der Waals surface area contributed by atoms with Crippen LogP contribution in [0, 0.1) is 5.82 Å². The monoisotopic (exact) mass is 396 g/mol. The first-order valence-corrected chi connectivity index (χ1v) is 9.85. The van der Waals surface area contributed by atoms with E-state index in [1.165, 1.54) is 17.7 Å². The fourth-order valence-electron chi connectivity index (χ4n) is 4.32. The molecule has 3 aromatic rings. The third-order valence-electron chi connectivity index (χ3n) is 5.82. The highest BCUT2D eigenvalue weighted by atomic mass is 19.1. The van der Waals surface area contributed by atoms with Crippen molar-refractivity contribution < 1.29 is 13.9 Å². The van der Waals surface area contributed by atoms with E-state index >= 15 is 0 Å². The van der Waals surface area contributed by atoms with E-state index in [2.05, 4.69) is 35.9 Å². The van der Waals surface area contributed by atoms with E-state index in [0.29, 0.717) is 18.6 Å². The summed E-state index contributed by atoms with van der Waals surface area (Å²) in [5.74, 6) is 0.409. The normalized spacial score (nSPS) is 17.3. The van der Waals surface area contributed by atoms with Gasteiger partial charge in [0, 0.05) is 17.3 Å². The molecule has 0 fully saturated rings. The number of rotatable bonds is 5. The lowest BCUT2D eigenvalue weighted by molar-refractivity contribution is 0.0173. The van der Waals surface area contributed by atoms with Gasteiger partial charge in [0.15, 0.2) is 0 Å². The molecule has 2 heterocycles. The van der Waals surface area contributed by atoms with E-state index in [4.69, 9.17) is 9.47 Å². The van der Waals surface area contributed by atoms with Gasteiger partial charge in [-0.05, 0) is 48.7 Å². The average Bonchev–Trinajstić information content (AvgIpc) is 2.74. The number of aromatic amines is 1. The van der Waals surface area contributed by atoms with Gasteiger partial charge >= 0.3 is 0 Å². The van der Waals surface area contributed by atoms with Gasteiger partial charge in [0.05, 0.1) is 31.8 Å². The highest BCUT2D eigenvalue weighted by Gasteiger charge is 2.32. The number of ether oxygens (including phenoxy) is 2. The molecule has 0 amide bonds. The molecule has 0 unspecified atom stereocenters. The molecule has 1 N–H and O–H groups in total. The molecule has 2 aromatic carbocycles. The maximum Gasteiger partial charge on any atom is 0.256 e. The largest absolute Gasteiger partial charge is 0.497 e. The van der Waals surface area contributed by atoms with Gasteiger partial charge in [0.2, 0.25) is 0 Å². The van der Waals surface area contributed by atoms with Crippen LogP contribution in [0.5, 0.6) is 5.75 Å². The second kappa shape index (κ2) is 7.97. The fraction of sp³-hybridized carbons (Fsp3) is 0.348. The number of halogens is 1. The number of pyridine rings is 1. The van der Waals surface area contributed by atoms with Crippen LogP contribution in [0.15, 0.2) is 47.3 Å². The zero-order valence-corrected chi connectivity index (χ0v) is 16.9. The van der Waals surface area contributed by atoms with Gasteiger partial charge in [0.1, 0.15) is 11.6 Å². The number of fused-ring (bicyclic) bond motifs is 3. The Kier molecular flexibility index (Phi) is 5.39. The first kappa shape index (κ1) is 19.6. The Morgan fingerprint density at radius 1 is 1.24 bits per heavy atom. The second-order valence-corrected chi connectivity index (χ2v) is 7.35. The standard InChI is InChI=1S/C23H25FN2O3/c1-4-26(14(2)15-5-8-17(28-3)9-6-15)21-13-29-12-20-22(21)18-10-7-16(24)11-19(18)23(27)25-20/h5-11,14,21H,4,12-13H2,1-3H3,(H,25,27)/t14-,21-/m1/s1. The van der Waals surface area contributed by atoms with E-state index < -0.39 is 5.82 Å². The summed E-state index contributed by atoms with van der Waals surface area (Å²) < 4.78 is 24.9. The molecule has 29 heavy (non-hydrogen) atoms. The van der Waals surface area contributed by atoms with Crippen molar-refractivity contribution in [3.05, 3.63) is 75.5 Å². The Balaban J connectivity index is 1.80. The maximum atomic E-state index is 13.8. The Morgan fingerprint density at radius 3 is 2.69 bits per heavy atom. The molecule has 0 spiro atoms. The quantitative estimate of drug-likeness (QED) is 0.697. The van der Waals surface area contributed by atoms with Crippen molar-refractivity contribution in [2.45, 2.75) is 32.5 Å². The molecule has 0 saturated heterocycles. The first-order valence-electron chi connectivity index (χ1n) is 9.85. The summed E-state index contributed by atoms with van der Waals surface area (Å²) in [5, 5.41) is 1.17. The van der Waals surface area contributed by atoms with Crippen LogP contribution < -0.4 is 10.3 Å². The predicted octanol–water partition coefficient (Wildman–Crippen LogP) is 4.33. The smallest absolute Gasteiger partial charge is 0.256 e. The van der Waals surface area contributed by atoms with Gasteiger partial charge in [0.25, 0.3) is 5.56 Å². The van der Waals surface area contributed by atoms with Crippen molar-refractivity contribution in [1.29, 1.82) is 0 Å². The third-order valence-corrected chi connectivity index (χ3v) is 5.82. The van der Waals surface area contributed by atoms with E-state index in [1.54, 1.807) is 13.2 Å². The van der Waals surface area contributed by atoms with E-state index in [9.17, 15) is 9.18 Å². The minimum absolute atomic E-state index is 0.0503. The van der Waals surface area contributed by atoms with Crippen LogP contribution in [0.4, 0.5) is 4.39 Å². The molecule has 0 saturated carbocycles. The van der Waals surface area contributed by atoms with Crippen molar-refractivity contribution >= 4 is 10.8 Å². The predicted molar refractivity (Wildman–Crippen MR) is 111 cm³/mol. The number of hydrogen-bond acceptors (Lipinski definition) is 4. The summed E-state index contributed by atoms with van der Waals surface area (Å²) in [6.45, 7) is 5.93. The minimum Gasteiger partial charge on any atom is -0.497 e. The number of aromatic nitrogens is 1. The van der Waals surface area contributed by atoms with Crippen molar-refractivity contribution in [3.8, 4) is 5.75 Å². The molecule has 152 valence electrons. The van der Waals surface area contributed by atoms with Crippen molar-refractivity contribution in [2.24, 2.45) is 0 Å². The Labute approximate surface area is 169 Å². The zero-order chi connectivity index (χ0) is 20.5. The molecular formula is C23H25FN2O3. The number of methoxy groups -OCH3 is 1. The maximum absolute atomic E-state index is 13.8. The Morgan fingerprint density at radius 2 is 2.00 bits per heavy atom. The van der Waals surface area contributed by atoms with Crippen LogP contribution in [0.2, 0.25) is 0 Å². The summed E-state index contributed by atoms with van der Waals surface area (Å²) >= 11 is 0. The molecular weight excluding hydrogens is 371 g/mol. The summed E-state index contributed by atoms with van der Waals surface area (Å²) in [4.78, 5) is 17.7. The number of hydrogen-bond donors (Lipinski definition) is 1. The molecule has 0 aliphatic carbocycles. The highest BCUT2D eigenvalue weighted by Crippen LogP contribution is 2.37. The van der Waals surface area contributed by atoms with Gasteiger partial charge in [-0.15, -0.1) is 0 Å². The third kappa shape index (κ3) is 3.54. The molecule has 0 radical (unpaired) electrons. The topological polar surface area (TPSA) is 54.6 Å². The zero-order valence-electron chi connectivity index (χ0n) is 16.9. The molecule has 4 rings (SSSR count). The number of H-pyrrole nitrogens is 1. The highest BCUT2D eigenvalue weighted by molar-refractivity contribution is 5.86. The van der Waals surface area contributed by atoms with Gasteiger partial charge in [-0.1, -0.05) is 25.1 Å². The van der Waals surface area contributed by atoms with Crippen LogP contribution in [0.25, 0.3) is 10.8 Å². The Bertz CT molecular complexity index is 1080. The lowest BCUT2D eigenvalue weighted by Crippen LogP contribution is -2.37. The van der Waals surface area contributed by atoms with Crippen molar-refractivity contribution in [3.63, 3.8) is 0 Å². The number of likely N-dealkylation sites (N-methyl/N-ethyl adjacent to an activating group) is 1. The minimum atomic E-state index is -0.412. The summed E-state index contributed by atoms with van der Waals surface area (Å²) in [5.41, 5.74) is 2.67. The summed E-state index contributed by atoms with van der Waals surface area (Å²) in [6, 6.07) is 12.6. The van der Waals surface area contributed by atoms with Crippen LogP contribution in [0.1, 0.15) is 42.8 Å². The molecule has 0 bridgehead atoms. The number of nitrogens with zero attached hydrogens (tertiary/aromatic N) is 1. The molecule has 2 atom stereocenters. The summed E-state index contributed by atoms with van der Waals surface area (Å²) in [7, 11) is 1.65.